The maximum atomic E-state index is 12.8. The quantitative estimate of drug-likeness (QED) is 0.218. The van der Waals surface area contributed by atoms with Crippen molar-refractivity contribution in [2.75, 3.05) is 33.3 Å². The number of unbranched alkanes of at least 4 members (excludes halogenated alkanes) is 4. The van der Waals surface area contributed by atoms with Crippen LogP contribution in [0, 0.1) is 0 Å². The van der Waals surface area contributed by atoms with Gasteiger partial charge in [0.05, 0.1) is 18.1 Å². The molecule has 1 N–H and O–H groups in total. The van der Waals surface area contributed by atoms with Gasteiger partial charge in [-0.05, 0) is 88.2 Å². The maximum absolute atomic E-state index is 12.8. The molecule has 222 valence electrons. The Morgan fingerprint density at radius 3 is 2.66 bits per heavy atom. The summed E-state index contributed by atoms with van der Waals surface area (Å²) >= 11 is 0. The number of methoxy groups -OCH3 is 1. The highest BCUT2D eigenvalue weighted by atomic mass is 16.5. The molecule has 6 rings (SSSR count). The van der Waals surface area contributed by atoms with Gasteiger partial charge in [0.1, 0.15) is 6.10 Å². The van der Waals surface area contributed by atoms with E-state index in [0.717, 1.165) is 63.4 Å². The van der Waals surface area contributed by atoms with Crippen LogP contribution in [0.25, 0.3) is 0 Å². The van der Waals surface area contributed by atoms with Crippen LogP contribution in [0.15, 0.2) is 55.1 Å². The smallest absolute Gasteiger partial charge is 0.165 e. The molecule has 2 unspecified atom stereocenters. The SMILES string of the molecule is C=CCN1CC[C@]23c4c5ccc(OC)c4OC2C(N(CCCC)CCCCCCc2ccccc2)CC[C@@]3(O)[C@H]1C5. The van der Waals surface area contributed by atoms with Gasteiger partial charge in [0.2, 0.25) is 0 Å². The minimum atomic E-state index is -0.798. The van der Waals surface area contributed by atoms with E-state index >= 15 is 0 Å². The first kappa shape index (κ1) is 28.8. The summed E-state index contributed by atoms with van der Waals surface area (Å²) in [5, 5.41) is 12.8. The standard InChI is InChI=1S/C36H50N2O3/c1-4-6-23-37(24-13-8-7-10-14-27-15-11-9-12-16-27)29-19-20-36(39)31-26-28-17-18-30(40-3)33-32(28)35(36,34(29)41-33)21-25-38(31)22-5-2/h5,9,11-12,15-18,29,31,34,39H,2,4,6-8,10,13-14,19-26H2,1,3H3/t29?,31-,34?,35+,36-/m1/s1. The van der Waals surface area contributed by atoms with Crippen LogP contribution in [-0.2, 0) is 18.3 Å². The number of nitrogens with zero attached hydrogens (tertiary/aromatic N) is 2. The molecule has 2 aliphatic heterocycles. The molecule has 2 aromatic carbocycles. The molecular formula is C36H50N2O3. The van der Waals surface area contributed by atoms with Gasteiger partial charge in [-0.3, -0.25) is 9.80 Å². The monoisotopic (exact) mass is 558 g/mol. The number of benzene rings is 2. The van der Waals surface area contributed by atoms with Crippen molar-refractivity contribution in [3.05, 3.63) is 71.8 Å². The molecule has 2 bridgehead atoms. The van der Waals surface area contributed by atoms with Crippen molar-refractivity contribution in [1.82, 2.24) is 9.80 Å². The van der Waals surface area contributed by atoms with Gasteiger partial charge in [-0.2, -0.15) is 0 Å². The molecule has 0 aromatic heterocycles. The van der Waals surface area contributed by atoms with Gasteiger partial charge in [0.25, 0.3) is 0 Å². The molecule has 0 radical (unpaired) electrons. The molecule has 5 nitrogen and oxygen atoms in total. The molecule has 5 heteroatoms. The Morgan fingerprint density at radius 1 is 1.07 bits per heavy atom. The lowest BCUT2D eigenvalue weighted by Gasteiger charge is -2.65. The average Bonchev–Trinajstić information content (AvgIpc) is 3.34. The molecule has 1 saturated carbocycles. The van der Waals surface area contributed by atoms with Crippen molar-refractivity contribution >= 4 is 0 Å². The number of aryl methyl sites for hydroxylation is 1. The number of rotatable bonds is 14. The molecule has 4 aliphatic rings. The molecule has 5 atom stereocenters. The Bertz CT molecular complexity index is 1200. The summed E-state index contributed by atoms with van der Waals surface area (Å²) in [6.45, 7) is 10.3. The number of aliphatic hydroxyl groups is 1. The number of likely N-dealkylation sites (tertiary alicyclic amines) is 1. The largest absolute Gasteiger partial charge is 0.493 e. The van der Waals surface area contributed by atoms with Crippen LogP contribution in [-0.4, -0.2) is 72.0 Å². The first-order valence-electron chi connectivity index (χ1n) is 16.3. The van der Waals surface area contributed by atoms with Crippen molar-refractivity contribution in [2.45, 2.75) is 107 Å². The van der Waals surface area contributed by atoms with E-state index in [1.165, 1.54) is 61.6 Å². The number of hydrogen-bond acceptors (Lipinski definition) is 5. The maximum Gasteiger partial charge on any atom is 0.165 e. The van der Waals surface area contributed by atoms with Gasteiger partial charge in [0, 0.05) is 24.2 Å². The predicted molar refractivity (Wildman–Crippen MR) is 166 cm³/mol. The molecule has 41 heavy (non-hydrogen) atoms. The van der Waals surface area contributed by atoms with Crippen LogP contribution < -0.4 is 9.47 Å². The third-order valence-electron chi connectivity index (χ3n) is 10.9. The normalized spacial score (nSPS) is 29.7. The van der Waals surface area contributed by atoms with E-state index in [1.807, 2.05) is 6.08 Å². The highest BCUT2D eigenvalue weighted by molar-refractivity contribution is 5.63. The Hall–Kier alpha value is -2.34. The lowest BCUT2D eigenvalue weighted by atomic mass is 9.48. The molecule has 2 fully saturated rings. The minimum absolute atomic E-state index is 0.0464. The molecule has 2 aromatic rings. The van der Waals surface area contributed by atoms with Crippen molar-refractivity contribution < 1.29 is 14.6 Å². The highest BCUT2D eigenvalue weighted by Crippen LogP contribution is 2.66. The van der Waals surface area contributed by atoms with Crippen LogP contribution in [0.4, 0.5) is 0 Å². The van der Waals surface area contributed by atoms with Gasteiger partial charge in [0.15, 0.2) is 11.5 Å². The molecule has 2 aliphatic carbocycles. The van der Waals surface area contributed by atoms with E-state index in [9.17, 15) is 5.11 Å². The number of piperidine rings is 1. The number of ether oxygens (including phenoxy) is 2. The zero-order valence-electron chi connectivity index (χ0n) is 25.3. The van der Waals surface area contributed by atoms with Crippen LogP contribution in [0.3, 0.4) is 0 Å². The second kappa shape index (κ2) is 12.1. The van der Waals surface area contributed by atoms with Crippen molar-refractivity contribution in [3.63, 3.8) is 0 Å². The lowest BCUT2D eigenvalue weighted by Crippen LogP contribution is -2.78. The Balaban J connectivity index is 1.23. The third kappa shape index (κ3) is 4.82. The third-order valence-corrected chi connectivity index (χ3v) is 10.9. The molecule has 1 saturated heterocycles. The number of hydrogen-bond donors (Lipinski definition) is 1. The van der Waals surface area contributed by atoms with E-state index in [-0.39, 0.29) is 17.6 Å². The lowest BCUT2D eigenvalue weighted by molar-refractivity contribution is -0.198. The summed E-state index contributed by atoms with van der Waals surface area (Å²) in [4.78, 5) is 5.22. The van der Waals surface area contributed by atoms with E-state index in [4.69, 9.17) is 9.47 Å². The van der Waals surface area contributed by atoms with E-state index in [1.54, 1.807) is 7.11 Å². The molecule has 2 heterocycles. The van der Waals surface area contributed by atoms with Gasteiger partial charge in [-0.15, -0.1) is 6.58 Å². The van der Waals surface area contributed by atoms with Crippen molar-refractivity contribution in [1.29, 1.82) is 0 Å². The summed E-state index contributed by atoms with van der Waals surface area (Å²) in [7, 11) is 1.74. The second-order valence-electron chi connectivity index (χ2n) is 13.0. The summed E-state index contributed by atoms with van der Waals surface area (Å²) < 4.78 is 12.9. The van der Waals surface area contributed by atoms with Crippen LogP contribution in [0.1, 0.15) is 81.4 Å². The minimum Gasteiger partial charge on any atom is -0.493 e. The Labute approximate surface area is 247 Å². The second-order valence-corrected chi connectivity index (χ2v) is 13.0. The Kier molecular flexibility index (Phi) is 8.49. The highest BCUT2D eigenvalue weighted by Gasteiger charge is 2.73. The fourth-order valence-corrected chi connectivity index (χ4v) is 8.96. The van der Waals surface area contributed by atoms with Gasteiger partial charge < -0.3 is 14.6 Å². The van der Waals surface area contributed by atoms with E-state index < -0.39 is 5.60 Å². The van der Waals surface area contributed by atoms with Crippen LogP contribution in [0.5, 0.6) is 11.5 Å². The summed E-state index contributed by atoms with van der Waals surface area (Å²) in [5.41, 5.74) is 2.87. The zero-order valence-corrected chi connectivity index (χ0v) is 25.3. The summed E-state index contributed by atoms with van der Waals surface area (Å²) in [5.74, 6) is 1.73. The van der Waals surface area contributed by atoms with Crippen LogP contribution >= 0.6 is 0 Å². The average molecular weight is 559 g/mol. The van der Waals surface area contributed by atoms with E-state index in [0.29, 0.717) is 6.04 Å². The fraction of sp³-hybridized carbons (Fsp3) is 0.611. The van der Waals surface area contributed by atoms with Gasteiger partial charge in [-0.25, -0.2) is 0 Å². The molecule has 0 amide bonds. The van der Waals surface area contributed by atoms with Crippen molar-refractivity contribution in [2.24, 2.45) is 0 Å². The van der Waals surface area contributed by atoms with Gasteiger partial charge >= 0.3 is 0 Å². The predicted octanol–water partition coefficient (Wildman–Crippen LogP) is 6.31. The van der Waals surface area contributed by atoms with Gasteiger partial charge in [-0.1, -0.05) is 68.7 Å². The zero-order chi connectivity index (χ0) is 28.5. The summed E-state index contributed by atoms with van der Waals surface area (Å²) in [6, 6.07) is 15.6. The summed E-state index contributed by atoms with van der Waals surface area (Å²) in [6.07, 6.45) is 14.1. The van der Waals surface area contributed by atoms with Crippen molar-refractivity contribution in [3.8, 4) is 11.5 Å². The van der Waals surface area contributed by atoms with E-state index in [2.05, 4.69) is 65.8 Å². The first-order chi connectivity index (χ1) is 20.1. The van der Waals surface area contributed by atoms with Crippen LogP contribution in [0.2, 0.25) is 0 Å². The molecular weight excluding hydrogens is 508 g/mol. The topological polar surface area (TPSA) is 45.2 Å². The Morgan fingerprint density at radius 2 is 1.88 bits per heavy atom. The molecule has 1 spiro atoms. The fourth-order valence-electron chi connectivity index (χ4n) is 8.96. The first-order valence-corrected chi connectivity index (χ1v) is 16.3.